The van der Waals surface area contributed by atoms with Crippen LogP contribution in [0.15, 0.2) is 79.0 Å². The maximum atomic E-state index is 13.6. The second-order valence-electron chi connectivity index (χ2n) is 10.0. The molecule has 0 fully saturated rings. The van der Waals surface area contributed by atoms with E-state index >= 15 is 0 Å². The number of aromatic nitrogens is 1. The Bertz CT molecular complexity index is 1550. The molecule has 6 nitrogen and oxygen atoms in total. The van der Waals surface area contributed by atoms with Gasteiger partial charge in [0.05, 0.1) is 16.8 Å². The van der Waals surface area contributed by atoms with Crippen molar-refractivity contribution in [2.24, 2.45) is 0 Å². The van der Waals surface area contributed by atoms with Crippen LogP contribution in [-0.4, -0.2) is 46.4 Å². The molecular weight excluding hydrogens is 574 g/mol. The first-order valence-electron chi connectivity index (χ1n) is 13.6. The summed E-state index contributed by atoms with van der Waals surface area (Å²) in [4.78, 5) is 32.4. The highest BCUT2D eigenvalue weighted by Gasteiger charge is 2.34. The summed E-state index contributed by atoms with van der Waals surface area (Å²) < 4.78 is 79.7. The number of hydrogen-bond acceptors (Lipinski definition) is 2. The topological polar surface area (TPSA) is 68.4 Å². The molecule has 0 aliphatic rings. The van der Waals surface area contributed by atoms with Crippen LogP contribution in [0.3, 0.4) is 0 Å². The van der Waals surface area contributed by atoms with Crippen molar-refractivity contribution in [2.75, 3.05) is 25.0 Å². The monoisotopic (exact) mass is 604 g/mol. The number of amides is 3. The third-order valence-corrected chi connectivity index (χ3v) is 6.91. The summed E-state index contributed by atoms with van der Waals surface area (Å²) in [7, 11) is 0. The number of benzene rings is 3. The summed E-state index contributed by atoms with van der Waals surface area (Å²) >= 11 is 0. The highest BCUT2D eigenvalue weighted by molar-refractivity contribution is 5.93. The van der Waals surface area contributed by atoms with E-state index in [2.05, 4.69) is 10.3 Å². The van der Waals surface area contributed by atoms with Gasteiger partial charge in [-0.1, -0.05) is 49.4 Å². The number of para-hydroxylation sites is 2. The third-order valence-electron chi connectivity index (χ3n) is 6.91. The fourth-order valence-electron chi connectivity index (χ4n) is 4.72. The summed E-state index contributed by atoms with van der Waals surface area (Å²) in [6.45, 7) is 1.55. The second kappa shape index (κ2) is 13.2. The highest BCUT2D eigenvalue weighted by Crippen LogP contribution is 2.34. The third kappa shape index (κ3) is 8.08. The molecule has 0 bridgehead atoms. The molecule has 0 radical (unpaired) electrons. The minimum absolute atomic E-state index is 0.0299. The predicted octanol–water partition coefficient (Wildman–Crippen LogP) is 7.72. The summed E-state index contributed by atoms with van der Waals surface area (Å²) in [5.74, 6) is -0.507. The number of anilines is 1. The molecule has 12 heteroatoms. The minimum Gasteiger partial charge on any atom is -0.361 e. The van der Waals surface area contributed by atoms with Crippen LogP contribution in [-0.2, 0) is 30.1 Å². The summed E-state index contributed by atoms with van der Waals surface area (Å²) in [6, 6.07) is 15.7. The molecule has 4 aromatic rings. The van der Waals surface area contributed by atoms with Crippen LogP contribution in [0.2, 0.25) is 0 Å². The first-order valence-corrected chi connectivity index (χ1v) is 13.6. The zero-order valence-corrected chi connectivity index (χ0v) is 23.2. The highest BCUT2D eigenvalue weighted by atomic mass is 19.4. The van der Waals surface area contributed by atoms with Gasteiger partial charge in [0.25, 0.3) is 0 Å². The Hall–Kier alpha value is -4.48. The van der Waals surface area contributed by atoms with E-state index in [0.717, 1.165) is 45.6 Å². The van der Waals surface area contributed by atoms with Crippen molar-refractivity contribution in [1.29, 1.82) is 0 Å². The molecule has 0 spiro atoms. The molecule has 228 valence electrons. The lowest BCUT2D eigenvalue weighted by Crippen LogP contribution is -2.45. The van der Waals surface area contributed by atoms with Gasteiger partial charge in [-0.3, -0.25) is 4.79 Å². The Labute approximate surface area is 244 Å². The quantitative estimate of drug-likeness (QED) is 0.182. The van der Waals surface area contributed by atoms with Crippen molar-refractivity contribution in [3.05, 3.63) is 101 Å². The summed E-state index contributed by atoms with van der Waals surface area (Å²) in [5, 5.41) is 3.23. The van der Waals surface area contributed by atoms with Crippen molar-refractivity contribution >= 4 is 28.5 Å². The van der Waals surface area contributed by atoms with E-state index in [0.29, 0.717) is 18.4 Å². The van der Waals surface area contributed by atoms with Gasteiger partial charge in [-0.25, -0.2) is 4.79 Å². The van der Waals surface area contributed by atoms with Crippen molar-refractivity contribution in [3.63, 3.8) is 0 Å². The maximum absolute atomic E-state index is 13.6. The molecule has 0 saturated heterocycles. The normalized spacial score (nSPS) is 11.9. The van der Waals surface area contributed by atoms with Crippen molar-refractivity contribution in [1.82, 2.24) is 14.8 Å². The molecular formula is C31H30F6N4O2. The first kappa shape index (κ1) is 31.5. The summed E-state index contributed by atoms with van der Waals surface area (Å²) in [6.07, 6.45) is -6.55. The van der Waals surface area contributed by atoms with Crippen LogP contribution in [0.25, 0.3) is 10.9 Å². The number of carbonyl (C=O) groups excluding carboxylic acids is 2. The van der Waals surface area contributed by atoms with Gasteiger partial charge >= 0.3 is 18.4 Å². The smallest absolute Gasteiger partial charge is 0.361 e. The van der Waals surface area contributed by atoms with E-state index in [4.69, 9.17) is 0 Å². The SMILES string of the molecule is CCCN(CC(=O)N(CCc1c[nH]c2ccccc12)Cc1ccc(C(F)(F)F)cc1)C(=O)Nc1ccccc1C(F)(F)F. The van der Waals surface area contributed by atoms with Crippen LogP contribution in [0.4, 0.5) is 36.8 Å². The Morgan fingerprint density at radius 3 is 2.16 bits per heavy atom. The van der Waals surface area contributed by atoms with Gasteiger partial charge in [0.1, 0.15) is 6.54 Å². The Balaban J connectivity index is 1.54. The largest absolute Gasteiger partial charge is 0.418 e. The van der Waals surface area contributed by atoms with Gasteiger partial charge in [-0.15, -0.1) is 0 Å². The number of halogens is 6. The molecule has 3 amide bonds. The molecule has 0 aliphatic heterocycles. The van der Waals surface area contributed by atoms with Gasteiger partial charge in [-0.2, -0.15) is 26.3 Å². The zero-order valence-electron chi connectivity index (χ0n) is 23.2. The molecule has 0 saturated carbocycles. The predicted molar refractivity (Wildman–Crippen MR) is 151 cm³/mol. The van der Waals surface area contributed by atoms with E-state index in [1.165, 1.54) is 29.2 Å². The molecule has 0 atom stereocenters. The van der Waals surface area contributed by atoms with Crippen LogP contribution >= 0.6 is 0 Å². The van der Waals surface area contributed by atoms with E-state index in [-0.39, 0.29) is 19.6 Å². The molecule has 0 unspecified atom stereocenters. The number of H-pyrrole nitrogens is 1. The molecule has 0 aliphatic carbocycles. The number of carbonyl (C=O) groups is 2. The number of alkyl halides is 6. The standard InChI is InChI=1S/C31H30F6N4O2/c1-2-16-41(29(43)39-27-10-6-4-8-25(27)31(35,36)37)20-28(42)40(19-21-11-13-23(14-12-21)30(32,33)34)17-15-22-18-38-26-9-5-3-7-24(22)26/h3-14,18,38H,2,15-17,19-20H2,1H3,(H,39,43). The average molecular weight is 605 g/mol. The number of urea groups is 1. The van der Waals surface area contributed by atoms with Crippen LogP contribution in [0.5, 0.6) is 0 Å². The lowest BCUT2D eigenvalue weighted by atomic mass is 10.1. The fourth-order valence-corrected chi connectivity index (χ4v) is 4.72. The Morgan fingerprint density at radius 2 is 1.49 bits per heavy atom. The average Bonchev–Trinajstić information content (AvgIpc) is 3.37. The van der Waals surface area contributed by atoms with Crippen LogP contribution < -0.4 is 5.32 Å². The molecule has 1 heterocycles. The Morgan fingerprint density at radius 1 is 0.814 bits per heavy atom. The van der Waals surface area contributed by atoms with Crippen molar-refractivity contribution in [2.45, 2.75) is 38.7 Å². The number of nitrogens with zero attached hydrogens (tertiary/aromatic N) is 2. The van der Waals surface area contributed by atoms with E-state index in [9.17, 15) is 35.9 Å². The molecule has 1 aromatic heterocycles. The number of fused-ring (bicyclic) bond motifs is 1. The molecule has 3 aromatic carbocycles. The maximum Gasteiger partial charge on any atom is 0.418 e. The second-order valence-corrected chi connectivity index (χ2v) is 10.0. The van der Waals surface area contributed by atoms with Gasteiger partial charge < -0.3 is 20.1 Å². The summed E-state index contributed by atoms with van der Waals surface area (Å²) in [5.41, 5.74) is 0.00258. The van der Waals surface area contributed by atoms with E-state index in [1.807, 2.05) is 30.5 Å². The van der Waals surface area contributed by atoms with Gasteiger partial charge in [0.15, 0.2) is 0 Å². The van der Waals surface area contributed by atoms with Gasteiger partial charge in [0.2, 0.25) is 5.91 Å². The first-order chi connectivity index (χ1) is 20.4. The lowest BCUT2D eigenvalue weighted by molar-refractivity contribution is -0.138. The molecule has 2 N–H and O–H groups in total. The van der Waals surface area contributed by atoms with Gasteiger partial charge in [-0.05, 0) is 54.3 Å². The number of nitrogens with one attached hydrogen (secondary N) is 2. The van der Waals surface area contributed by atoms with E-state index in [1.54, 1.807) is 6.92 Å². The fraction of sp³-hybridized carbons (Fsp3) is 0.290. The van der Waals surface area contributed by atoms with Crippen molar-refractivity contribution in [3.8, 4) is 0 Å². The zero-order chi connectivity index (χ0) is 31.2. The van der Waals surface area contributed by atoms with Crippen LogP contribution in [0.1, 0.15) is 35.6 Å². The van der Waals surface area contributed by atoms with Crippen molar-refractivity contribution < 1.29 is 35.9 Å². The van der Waals surface area contributed by atoms with Crippen LogP contribution in [0, 0.1) is 0 Å². The number of hydrogen-bond donors (Lipinski definition) is 2. The van der Waals surface area contributed by atoms with E-state index < -0.39 is 47.6 Å². The number of aromatic amines is 1. The van der Waals surface area contributed by atoms with Gasteiger partial charge in [0, 0.05) is 36.7 Å². The number of rotatable bonds is 10. The minimum atomic E-state index is -4.70. The molecule has 43 heavy (non-hydrogen) atoms. The molecule has 4 rings (SSSR count). The Kier molecular flexibility index (Phi) is 9.67. The lowest BCUT2D eigenvalue weighted by Gasteiger charge is -2.28.